The molecule has 1 aromatic carbocycles. The summed E-state index contributed by atoms with van der Waals surface area (Å²) >= 11 is 0. The van der Waals surface area contributed by atoms with Crippen LogP contribution in [-0.2, 0) is 6.18 Å². The Kier molecular flexibility index (Phi) is 4.58. The Labute approximate surface area is 100 Å². The van der Waals surface area contributed by atoms with Gasteiger partial charge in [-0.05, 0) is 23.7 Å². The van der Waals surface area contributed by atoms with Gasteiger partial charge in [0.1, 0.15) is 5.82 Å². The lowest BCUT2D eigenvalue weighted by atomic mass is 10.1. The van der Waals surface area contributed by atoms with Gasteiger partial charge in [-0.3, -0.25) is 0 Å². The first-order chi connectivity index (χ1) is 8.45. The molecule has 18 heavy (non-hydrogen) atoms. The van der Waals surface area contributed by atoms with Crippen molar-refractivity contribution in [2.24, 2.45) is 5.11 Å². The maximum atomic E-state index is 13.3. The van der Waals surface area contributed by atoms with E-state index in [4.69, 9.17) is 5.53 Å². The van der Waals surface area contributed by atoms with Crippen LogP contribution in [0.4, 0.5) is 17.6 Å². The lowest BCUT2D eigenvalue weighted by Gasteiger charge is -2.06. The zero-order valence-corrected chi connectivity index (χ0v) is 9.00. The second-order valence-corrected chi connectivity index (χ2v) is 3.20. The van der Waals surface area contributed by atoms with Crippen LogP contribution in [0.1, 0.15) is 17.5 Å². The number of azide groups is 1. The molecule has 94 valence electrons. The number of rotatable bonds is 2. The molecular formula is C11H7F4N3. The van der Waals surface area contributed by atoms with E-state index in [1.165, 1.54) is 0 Å². The Bertz CT molecular complexity index is 533. The molecule has 0 heterocycles. The summed E-state index contributed by atoms with van der Waals surface area (Å²) in [5, 5.41) is 3.21. The highest BCUT2D eigenvalue weighted by Crippen LogP contribution is 2.29. The van der Waals surface area contributed by atoms with E-state index in [2.05, 4.69) is 21.9 Å². The highest BCUT2D eigenvalue weighted by molar-refractivity contribution is 5.38. The molecule has 0 amide bonds. The molecule has 0 spiro atoms. The summed E-state index contributed by atoms with van der Waals surface area (Å²) in [6.07, 6.45) is -4.36. The molecule has 1 rings (SSSR count). The molecule has 0 N–H and O–H groups in total. The average Bonchev–Trinajstić information content (AvgIpc) is 2.29. The van der Waals surface area contributed by atoms with Crippen molar-refractivity contribution in [1.29, 1.82) is 0 Å². The van der Waals surface area contributed by atoms with E-state index in [9.17, 15) is 17.6 Å². The molecule has 0 bridgehead atoms. The molecule has 0 aromatic heterocycles. The summed E-state index contributed by atoms with van der Waals surface area (Å²) in [4.78, 5) is 2.49. The highest BCUT2D eigenvalue weighted by atomic mass is 19.4. The Hall–Kier alpha value is -2.19. The SMILES string of the molecule is [N-]=[N+]=NCCC#Cc1ccc(C(F)(F)F)cc1F. The van der Waals surface area contributed by atoms with Gasteiger partial charge in [0.05, 0.1) is 11.1 Å². The molecule has 0 saturated carbocycles. The van der Waals surface area contributed by atoms with Crippen molar-refractivity contribution in [2.45, 2.75) is 12.6 Å². The van der Waals surface area contributed by atoms with Gasteiger partial charge in [0.25, 0.3) is 0 Å². The van der Waals surface area contributed by atoms with Crippen LogP contribution in [0.5, 0.6) is 0 Å². The fourth-order valence-corrected chi connectivity index (χ4v) is 1.10. The lowest BCUT2D eigenvalue weighted by molar-refractivity contribution is -0.137. The van der Waals surface area contributed by atoms with Crippen molar-refractivity contribution >= 4 is 0 Å². The van der Waals surface area contributed by atoms with E-state index >= 15 is 0 Å². The van der Waals surface area contributed by atoms with Crippen LogP contribution in [0.15, 0.2) is 23.3 Å². The Morgan fingerprint density at radius 3 is 2.61 bits per heavy atom. The summed E-state index contributed by atoms with van der Waals surface area (Å²) in [5.74, 6) is 3.85. The Balaban J connectivity index is 2.83. The van der Waals surface area contributed by atoms with Crippen LogP contribution in [0, 0.1) is 17.7 Å². The van der Waals surface area contributed by atoms with Gasteiger partial charge in [0.2, 0.25) is 0 Å². The maximum absolute atomic E-state index is 13.3. The Morgan fingerprint density at radius 2 is 2.06 bits per heavy atom. The quantitative estimate of drug-likeness (QED) is 0.193. The van der Waals surface area contributed by atoms with Crippen LogP contribution in [0.2, 0.25) is 0 Å². The zero-order chi connectivity index (χ0) is 13.6. The summed E-state index contributed by atoms with van der Waals surface area (Å²) in [6.45, 7) is 0.131. The third kappa shape index (κ3) is 4.00. The highest BCUT2D eigenvalue weighted by Gasteiger charge is 2.30. The standard InChI is InChI=1S/C11H7F4N3/c12-10-7-9(11(13,14)15)5-4-8(10)3-1-2-6-17-18-16/h4-5,7H,2,6H2. The minimum Gasteiger partial charge on any atom is -0.206 e. The summed E-state index contributed by atoms with van der Waals surface area (Å²) < 4.78 is 50.0. The van der Waals surface area contributed by atoms with Gasteiger partial charge in [-0.2, -0.15) is 13.2 Å². The first kappa shape index (κ1) is 13.9. The van der Waals surface area contributed by atoms with Crippen LogP contribution >= 0.6 is 0 Å². The van der Waals surface area contributed by atoms with Crippen molar-refractivity contribution in [2.75, 3.05) is 6.54 Å². The topological polar surface area (TPSA) is 48.8 Å². The van der Waals surface area contributed by atoms with Crippen molar-refractivity contribution in [3.05, 3.63) is 45.6 Å². The van der Waals surface area contributed by atoms with Gasteiger partial charge < -0.3 is 0 Å². The van der Waals surface area contributed by atoms with Crippen LogP contribution < -0.4 is 0 Å². The second-order valence-electron chi connectivity index (χ2n) is 3.20. The molecule has 1 aromatic rings. The minimum atomic E-state index is -4.58. The van der Waals surface area contributed by atoms with Gasteiger partial charge in [-0.15, -0.1) is 0 Å². The predicted molar refractivity (Wildman–Crippen MR) is 56.9 cm³/mol. The molecular weight excluding hydrogens is 250 g/mol. The van der Waals surface area contributed by atoms with Gasteiger partial charge in [-0.25, -0.2) is 4.39 Å². The molecule has 0 fully saturated rings. The van der Waals surface area contributed by atoms with E-state index in [-0.39, 0.29) is 18.5 Å². The van der Waals surface area contributed by atoms with Crippen molar-refractivity contribution < 1.29 is 17.6 Å². The number of hydrogen-bond acceptors (Lipinski definition) is 1. The smallest absolute Gasteiger partial charge is 0.206 e. The normalized spacial score (nSPS) is 10.2. The van der Waals surface area contributed by atoms with Crippen molar-refractivity contribution in [3.63, 3.8) is 0 Å². The number of halogens is 4. The zero-order valence-electron chi connectivity index (χ0n) is 9.00. The fraction of sp³-hybridized carbons (Fsp3) is 0.273. The largest absolute Gasteiger partial charge is 0.416 e. The van der Waals surface area contributed by atoms with Gasteiger partial charge in [0, 0.05) is 17.9 Å². The fourth-order valence-electron chi connectivity index (χ4n) is 1.10. The van der Waals surface area contributed by atoms with Crippen LogP contribution in [0.3, 0.4) is 0 Å². The molecule has 0 atom stereocenters. The van der Waals surface area contributed by atoms with E-state index in [1.807, 2.05) is 0 Å². The average molecular weight is 257 g/mol. The number of hydrogen-bond donors (Lipinski definition) is 0. The molecule has 0 saturated heterocycles. The monoisotopic (exact) mass is 257 g/mol. The molecule has 0 radical (unpaired) electrons. The van der Waals surface area contributed by atoms with Crippen LogP contribution in [0.25, 0.3) is 10.4 Å². The molecule has 0 aliphatic rings. The molecule has 0 unspecified atom stereocenters. The van der Waals surface area contributed by atoms with Gasteiger partial charge in [-0.1, -0.05) is 17.0 Å². The van der Waals surface area contributed by atoms with E-state index in [1.54, 1.807) is 0 Å². The lowest BCUT2D eigenvalue weighted by Crippen LogP contribution is -2.05. The minimum absolute atomic E-state index is 0.121. The Morgan fingerprint density at radius 1 is 1.33 bits per heavy atom. The third-order valence-corrected chi connectivity index (χ3v) is 1.92. The first-order valence-corrected chi connectivity index (χ1v) is 4.81. The van der Waals surface area contributed by atoms with E-state index in [0.717, 1.165) is 12.1 Å². The second kappa shape index (κ2) is 5.94. The first-order valence-electron chi connectivity index (χ1n) is 4.81. The maximum Gasteiger partial charge on any atom is 0.416 e. The molecule has 0 aliphatic carbocycles. The van der Waals surface area contributed by atoms with Crippen molar-refractivity contribution in [1.82, 2.24) is 0 Å². The predicted octanol–water partition coefficient (Wildman–Crippen LogP) is 3.90. The summed E-state index contributed by atoms with van der Waals surface area (Å²) in [6, 6.07) is 2.14. The molecule has 0 aliphatic heterocycles. The number of alkyl halides is 3. The third-order valence-electron chi connectivity index (χ3n) is 1.92. The number of nitrogens with zero attached hydrogens (tertiary/aromatic N) is 3. The molecule has 3 nitrogen and oxygen atoms in total. The summed E-state index contributed by atoms with van der Waals surface area (Å²) in [7, 11) is 0. The van der Waals surface area contributed by atoms with E-state index in [0.29, 0.717) is 6.07 Å². The van der Waals surface area contributed by atoms with Crippen LogP contribution in [-0.4, -0.2) is 6.54 Å². The molecule has 7 heteroatoms. The van der Waals surface area contributed by atoms with Gasteiger partial charge in [0.15, 0.2) is 0 Å². The summed E-state index contributed by atoms with van der Waals surface area (Å²) in [5.41, 5.74) is 6.80. The van der Waals surface area contributed by atoms with Crippen molar-refractivity contribution in [3.8, 4) is 11.8 Å². The van der Waals surface area contributed by atoms with Gasteiger partial charge >= 0.3 is 6.18 Å². The number of benzene rings is 1. The van der Waals surface area contributed by atoms with E-state index < -0.39 is 17.6 Å².